The van der Waals surface area contributed by atoms with Crippen molar-refractivity contribution >= 4 is 0 Å². The number of aliphatic hydroxyl groups excluding tert-OH is 1. The van der Waals surface area contributed by atoms with Gasteiger partial charge in [0.05, 0.1) is 51.6 Å². The molecule has 0 aliphatic rings. The minimum Gasteiger partial charge on any atom is -0.394 e. The third-order valence-corrected chi connectivity index (χ3v) is 1.47. The highest BCUT2D eigenvalue weighted by Gasteiger charge is 1.86. The molecule has 0 amide bonds. The fourth-order valence-electron chi connectivity index (χ4n) is 0.691. The molecule has 0 radical (unpaired) electrons. The highest BCUT2D eigenvalue weighted by atomic mass is 16.5. The molecule has 0 fully saturated rings. The van der Waals surface area contributed by atoms with Gasteiger partial charge in [0, 0.05) is 19.3 Å². The first kappa shape index (κ1) is 27.8. The van der Waals surface area contributed by atoms with Crippen LogP contribution in [0.4, 0.5) is 0 Å². The van der Waals surface area contributed by atoms with Crippen LogP contribution in [0.15, 0.2) is 12.7 Å². The number of allylic oxidation sites excluding steroid dienone is 1. The van der Waals surface area contributed by atoms with Gasteiger partial charge in [-0.05, 0) is 13.8 Å². The largest absolute Gasteiger partial charge is 0.394 e. The highest BCUT2D eigenvalue weighted by molar-refractivity contribution is 4.93. The lowest BCUT2D eigenvalue weighted by Crippen LogP contribution is -2.04. The smallest absolute Gasteiger partial charge is 0.0905 e. The highest BCUT2D eigenvalue weighted by Crippen LogP contribution is 1.80. The molecule has 0 heterocycles. The van der Waals surface area contributed by atoms with Crippen LogP contribution in [0.3, 0.4) is 0 Å². The molecule has 0 aromatic heterocycles. The average molecular weight is 302 g/mol. The Morgan fingerprint density at radius 3 is 1.81 bits per heavy atom. The van der Waals surface area contributed by atoms with E-state index >= 15 is 0 Å². The van der Waals surface area contributed by atoms with Crippen molar-refractivity contribution < 1.29 is 19.3 Å². The van der Waals surface area contributed by atoms with E-state index in [0.717, 1.165) is 6.61 Å². The Morgan fingerprint density at radius 2 is 1.48 bits per heavy atom. The van der Waals surface area contributed by atoms with Crippen molar-refractivity contribution in [1.82, 2.24) is 0 Å². The number of ether oxygens (including phenoxy) is 3. The molecule has 1 N–H and O–H groups in total. The van der Waals surface area contributed by atoms with Crippen molar-refractivity contribution in [3.8, 4) is 12.1 Å². The Bertz CT molecular complexity index is 243. The zero-order chi connectivity index (χ0) is 15.9. The average Bonchev–Trinajstić information content (AvgIpc) is 2.49. The molecule has 0 saturated heterocycles. The summed E-state index contributed by atoms with van der Waals surface area (Å²) in [7, 11) is 0. The summed E-state index contributed by atoms with van der Waals surface area (Å²) in [5.74, 6) is 0. The molecule has 0 unspecified atom stereocenters. The number of aliphatic hydroxyl groups is 1. The maximum Gasteiger partial charge on any atom is 0.0905 e. The van der Waals surface area contributed by atoms with Crippen molar-refractivity contribution in [3.05, 3.63) is 12.7 Å². The standard InChI is InChI=1S/C7H13NO2.C4H10O2.C3H3N.CH4/c1-2-9-6-7-10-5-3-4-8;1-2-6-4-3-5;1-2-3-4;/h2-3,5-7H2,1H3;5H,2-4H2,1H3;2H,1H2;1H4. The van der Waals surface area contributed by atoms with Gasteiger partial charge in [0.15, 0.2) is 0 Å². The van der Waals surface area contributed by atoms with Crippen molar-refractivity contribution in [1.29, 1.82) is 10.5 Å². The molecule has 6 nitrogen and oxygen atoms in total. The molecule has 0 saturated carbocycles. The predicted molar refractivity (Wildman–Crippen MR) is 83.7 cm³/mol. The van der Waals surface area contributed by atoms with Crippen LogP contribution in [0.1, 0.15) is 27.7 Å². The minimum absolute atomic E-state index is 0. The molecule has 0 aromatic rings. The summed E-state index contributed by atoms with van der Waals surface area (Å²) >= 11 is 0. The van der Waals surface area contributed by atoms with Gasteiger partial charge in [-0.15, -0.1) is 0 Å². The minimum atomic E-state index is 0. The lowest BCUT2D eigenvalue weighted by molar-refractivity contribution is 0.0551. The first-order valence-corrected chi connectivity index (χ1v) is 6.46. The molecule has 0 spiro atoms. The lowest BCUT2D eigenvalue weighted by Gasteiger charge is -2.00. The summed E-state index contributed by atoms with van der Waals surface area (Å²) in [6, 6.07) is 3.69. The van der Waals surface area contributed by atoms with Gasteiger partial charge in [-0.3, -0.25) is 0 Å². The Kier molecular flexibility index (Phi) is 48.1. The summed E-state index contributed by atoms with van der Waals surface area (Å²) < 4.78 is 14.8. The maximum atomic E-state index is 8.11. The van der Waals surface area contributed by atoms with Gasteiger partial charge in [-0.25, -0.2) is 0 Å². The van der Waals surface area contributed by atoms with E-state index in [4.69, 9.17) is 29.8 Å². The fourth-order valence-corrected chi connectivity index (χ4v) is 0.691. The zero-order valence-corrected chi connectivity index (χ0v) is 12.5. The predicted octanol–water partition coefficient (Wildman–Crippen LogP) is 2.30. The van der Waals surface area contributed by atoms with E-state index in [-0.39, 0.29) is 14.0 Å². The van der Waals surface area contributed by atoms with E-state index in [1.54, 1.807) is 6.07 Å². The first-order chi connectivity index (χ1) is 9.74. The zero-order valence-electron chi connectivity index (χ0n) is 12.5. The molecule has 124 valence electrons. The molecule has 6 heteroatoms. The van der Waals surface area contributed by atoms with Gasteiger partial charge in [-0.2, -0.15) is 10.5 Å². The van der Waals surface area contributed by atoms with Crippen molar-refractivity contribution in [2.75, 3.05) is 46.2 Å². The second-order valence-corrected chi connectivity index (χ2v) is 2.97. The number of hydrogen-bond acceptors (Lipinski definition) is 6. The molecule has 0 bridgehead atoms. The van der Waals surface area contributed by atoms with E-state index < -0.39 is 0 Å². The summed E-state index contributed by atoms with van der Waals surface area (Å²) in [5.41, 5.74) is 0. The number of rotatable bonds is 9. The topological polar surface area (TPSA) is 95.5 Å². The molecule has 21 heavy (non-hydrogen) atoms. The van der Waals surface area contributed by atoms with E-state index in [1.807, 2.05) is 19.9 Å². The van der Waals surface area contributed by atoms with Gasteiger partial charge >= 0.3 is 0 Å². The van der Waals surface area contributed by atoms with Gasteiger partial charge in [-0.1, -0.05) is 14.0 Å². The second kappa shape index (κ2) is 36.3. The van der Waals surface area contributed by atoms with Crippen LogP contribution >= 0.6 is 0 Å². The molecule has 0 aliphatic heterocycles. The summed E-state index contributed by atoms with van der Waals surface area (Å²) in [5, 5.41) is 23.7. The Hall–Kier alpha value is -1.44. The Labute approximate surface area is 129 Å². The summed E-state index contributed by atoms with van der Waals surface area (Å²) in [6.07, 6.45) is 1.64. The van der Waals surface area contributed by atoms with Crippen molar-refractivity contribution in [2.24, 2.45) is 0 Å². The Balaban J connectivity index is -0.000000113. The monoisotopic (exact) mass is 302 g/mol. The quantitative estimate of drug-likeness (QED) is 0.518. The van der Waals surface area contributed by atoms with E-state index in [1.165, 1.54) is 6.08 Å². The maximum absolute atomic E-state index is 8.11. The number of nitrogens with zero attached hydrogens (tertiary/aromatic N) is 2. The summed E-state index contributed by atoms with van der Waals surface area (Å²) in [6.45, 7) is 10.7. The molecule has 0 atom stereocenters. The summed E-state index contributed by atoms with van der Waals surface area (Å²) in [4.78, 5) is 0. The molecular weight excluding hydrogens is 272 g/mol. The third kappa shape index (κ3) is 55.7. The van der Waals surface area contributed by atoms with Crippen LogP contribution < -0.4 is 0 Å². The fraction of sp³-hybridized carbons (Fsp3) is 0.733. The van der Waals surface area contributed by atoms with Crippen LogP contribution in [-0.4, -0.2) is 51.4 Å². The SMILES string of the molecule is C.C=CC#N.CCOCCO.CCOCCOCCC#N. The van der Waals surface area contributed by atoms with Crippen molar-refractivity contribution in [2.45, 2.75) is 27.7 Å². The normalized spacial score (nSPS) is 7.67. The van der Waals surface area contributed by atoms with E-state index in [0.29, 0.717) is 39.5 Å². The van der Waals surface area contributed by atoms with E-state index in [9.17, 15) is 0 Å². The van der Waals surface area contributed by atoms with Gasteiger partial charge in [0.25, 0.3) is 0 Å². The van der Waals surface area contributed by atoms with Crippen LogP contribution in [0, 0.1) is 22.7 Å². The molecule has 0 aromatic carbocycles. The molecular formula is C15H30N2O4. The van der Waals surface area contributed by atoms with E-state index in [2.05, 4.69) is 6.58 Å². The molecule has 0 aliphatic carbocycles. The lowest BCUT2D eigenvalue weighted by atomic mass is 10.5. The van der Waals surface area contributed by atoms with Crippen LogP contribution in [0.5, 0.6) is 0 Å². The van der Waals surface area contributed by atoms with Gasteiger partial charge in [0.2, 0.25) is 0 Å². The Morgan fingerprint density at radius 1 is 1.00 bits per heavy atom. The van der Waals surface area contributed by atoms with Gasteiger partial charge in [0.1, 0.15) is 0 Å². The third-order valence-electron chi connectivity index (χ3n) is 1.47. The molecule has 0 rings (SSSR count). The van der Waals surface area contributed by atoms with Gasteiger partial charge < -0.3 is 19.3 Å². The van der Waals surface area contributed by atoms with Crippen LogP contribution in [-0.2, 0) is 14.2 Å². The van der Waals surface area contributed by atoms with Crippen LogP contribution in [0.2, 0.25) is 0 Å². The van der Waals surface area contributed by atoms with Crippen molar-refractivity contribution in [3.63, 3.8) is 0 Å². The number of nitriles is 2. The first-order valence-electron chi connectivity index (χ1n) is 6.46. The second-order valence-electron chi connectivity index (χ2n) is 2.97. The number of hydrogen-bond donors (Lipinski definition) is 1. The van der Waals surface area contributed by atoms with Crippen LogP contribution in [0.25, 0.3) is 0 Å².